The Morgan fingerprint density at radius 1 is 1.04 bits per heavy atom. The third kappa shape index (κ3) is 2.73. The van der Waals surface area contributed by atoms with Gasteiger partial charge < -0.3 is 9.47 Å². The Kier molecular flexibility index (Phi) is 3.97. The van der Waals surface area contributed by atoms with Crippen LogP contribution in [0.25, 0.3) is 21.9 Å². The van der Waals surface area contributed by atoms with Gasteiger partial charge in [-0.3, -0.25) is 0 Å². The maximum Gasteiger partial charge on any atom is 0.226 e. The summed E-state index contributed by atoms with van der Waals surface area (Å²) in [6.07, 6.45) is 6.74. The van der Waals surface area contributed by atoms with Gasteiger partial charge in [0.15, 0.2) is 17.0 Å². The minimum Gasteiger partial charge on any atom is -0.327 e. The molecule has 1 saturated carbocycles. The first kappa shape index (κ1) is 16.5. The van der Waals surface area contributed by atoms with Crippen LogP contribution in [0.15, 0.2) is 48.8 Å². The molecule has 0 aliphatic heterocycles. The lowest BCUT2D eigenvalue weighted by molar-refractivity contribution is 0.529. The van der Waals surface area contributed by atoms with E-state index in [1.54, 1.807) is 0 Å². The molecule has 1 aliphatic rings. The molecule has 1 fully saturated rings. The van der Waals surface area contributed by atoms with E-state index in [0.717, 1.165) is 22.7 Å². The lowest BCUT2D eigenvalue weighted by Gasteiger charge is -2.21. The molecule has 1 aliphatic carbocycles. The van der Waals surface area contributed by atoms with Crippen molar-refractivity contribution in [1.82, 2.24) is 19.5 Å². The molecule has 5 rings (SSSR count). The number of aromatic nitrogens is 4. The van der Waals surface area contributed by atoms with Crippen molar-refractivity contribution in [3.05, 3.63) is 54.1 Å². The number of hydrogen-bond donors (Lipinski definition) is 0. The molecule has 0 unspecified atom stereocenters. The standard InChI is InChI=1S/C21H20ClN5/c1-26(17-12-6-8-14-7-2-5-11-16(14)17)19-18-20(25-21(22)24-19)27(13-23-18)15-9-3-4-10-15/h2,5-8,11-13,15H,3-4,9-10H2,1H3. The highest BCUT2D eigenvalue weighted by Gasteiger charge is 2.23. The lowest BCUT2D eigenvalue weighted by atomic mass is 10.1. The molecule has 136 valence electrons. The van der Waals surface area contributed by atoms with E-state index in [1.807, 2.05) is 13.4 Å². The van der Waals surface area contributed by atoms with Crippen LogP contribution in [0.1, 0.15) is 31.7 Å². The van der Waals surface area contributed by atoms with Crippen LogP contribution in [0.4, 0.5) is 11.5 Å². The first-order valence-electron chi connectivity index (χ1n) is 9.34. The fourth-order valence-electron chi connectivity index (χ4n) is 4.17. The van der Waals surface area contributed by atoms with Gasteiger partial charge in [0.2, 0.25) is 5.28 Å². The van der Waals surface area contributed by atoms with E-state index in [0.29, 0.717) is 6.04 Å². The quantitative estimate of drug-likeness (QED) is 0.441. The number of anilines is 2. The van der Waals surface area contributed by atoms with Crippen molar-refractivity contribution in [2.45, 2.75) is 31.7 Å². The maximum absolute atomic E-state index is 6.32. The summed E-state index contributed by atoms with van der Waals surface area (Å²) in [5.74, 6) is 0.734. The Labute approximate surface area is 162 Å². The summed E-state index contributed by atoms with van der Waals surface area (Å²) in [6.45, 7) is 0. The second-order valence-electron chi connectivity index (χ2n) is 7.14. The van der Waals surface area contributed by atoms with Crippen LogP contribution in [0.3, 0.4) is 0 Å². The molecule has 2 heterocycles. The Bertz CT molecular complexity index is 1120. The summed E-state index contributed by atoms with van der Waals surface area (Å²) in [5.41, 5.74) is 2.69. The van der Waals surface area contributed by atoms with E-state index in [-0.39, 0.29) is 5.28 Å². The van der Waals surface area contributed by atoms with E-state index in [2.05, 4.69) is 66.9 Å². The van der Waals surface area contributed by atoms with Gasteiger partial charge in [0, 0.05) is 24.2 Å². The summed E-state index contributed by atoms with van der Waals surface area (Å²) in [4.78, 5) is 15.8. The number of nitrogens with zero attached hydrogens (tertiary/aromatic N) is 5. The molecule has 0 radical (unpaired) electrons. The molecule has 0 amide bonds. The van der Waals surface area contributed by atoms with Gasteiger partial charge in [-0.05, 0) is 35.9 Å². The van der Waals surface area contributed by atoms with Gasteiger partial charge in [0.05, 0.1) is 6.33 Å². The molecule has 0 atom stereocenters. The molecule has 4 aromatic rings. The van der Waals surface area contributed by atoms with E-state index in [1.165, 1.54) is 36.5 Å². The first-order valence-corrected chi connectivity index (χ1v) is 9.72. The first-order chi connectivity index (χ1) is 13.2. The fraction of sp³-hybridized carbons (Fsp3) is 0.286. The summed E-state index contributed by atoms with van der Waals surface area (Å²) < 4.78 is 2.18. The zero-order valence-electron chi connectivity index (χ0n) is 15.1. The highest BCUT2D eigenvalue weighted by Crippen LogP contribution is 2.36. The van der Waals surface area contributed by atoms with E-state index in [9.17, 15) is 0 Å². The molecular formula is C21H20ClN5. The molecule has 5 nitrogen and oxygen atoms in total. The topological polar surface area (TPSA) is 46.8 Å². The molecule has 0 spiro atoms. The van der Waals surface area contributed by atoms with Gasteiger partial charge in [-0.1, -0.05) is 49.2 Å². The van der Waals surface area contributed by atoms with Crippen molar-refractivity contribution < 1.29 is 0 Å². The van der Waals surface area contributed by atoms with Crippen molar-refractivity contribution in [1.29, 1.82) is 0 Å². The van der Waals surface area contributed by atoms with Gasteiger partial charge >= 0.3 is 0 Å². The fourth-order valence-corrected chi connectivity index (χ4v) is 4.33. The summed E-state index contributed by atoms with van der Waals surface area (Å²) in [5, 5.41) is 2.61. The summed E-state index contributed by atoms with van der Waals surface area (Å²) in [7, 11) is 2.01. The summed E-state index contributed by atoms with van der Waals surface area (Å²) in [6, 6.07) is 15.1. The van der Waals surface area contributed by atoms with Crippen LogP contribution < -0.4 is 4.90 Å². The lowest BCUT2D eigenvalue weighted by Crippen LogP contribution is -2.13. The molecule has 2 aromatic heterocycles. The third-order valence-electron chi connectivity index (χ3n) is 5.54. The largest absolute Gasteiger partial charge is 0.327 e. The van der Waals surface area contributed by atoms with Crippen molar-refractivity contribution in [2.24, 2.45) is 0 Å². The van der Waals surface area contributed by atoms with Crippen LogP contribution in [-0.4, -0.2) is 26.6 Å². The zero-order valence-corrected chi connectivity index (χ0v) is 15.9. The SMILES string of the molecule is CN(c1cccc2ccccc12)c1nc(Cl)nc2c1ncn2C1CCCC1. The van der Waals surface area contributed by atoms with E-state index < -0.39 is 0 Å². The third-order valence-corrected chi connectivity index (χ3v) is 5.71. The van der Waals surface area contributed by atoms with Crippen LogP contribution >= 0.6 is 11.6 Å². The van der Waals surface area contributed by atoms with Gasteiger partial charge in [0.25, 0.3) is 0 Å². The summed E-state index contributed by atoms with van der Waals surface area (Å²) >= 11 is 6.32. The Morgan fingerprint density at radius 3 is 2.67 bits per heavy atom. The smallest absolute Gasteiger partial charge is 0.226 e. The van der Waals surface area contributed by atoms with Crippen LogP contribution in [0.5, 0.6) is 0 Å². The Morgan fingerprint density at radius 2 is 1.81 bits per heavy atom. The number of imidazole rings is 1. The van der Waals surface area contributed by atoms with Crippen molar-refractivity contribution >= 4 is 45.0 Å². The van der Waals surface area contributed by atoms with Crippen LogP contribution in [-0.2, 0) is 0 Å². The number of benzene rings is 2. The Hall–Kier alpha value is -2.66. The van der Waals surface area contributed by atoms with Crippen molar-refractivity contribution in [3.8, 4) is 0 Å². The number of fused-ring (bicyclic) bond motifs is 2. The zero-order chi connectivity index (χ0) is 18.4. The minimum absolute atomic E-state index is 0.254. The molecular weight excluding hydrogens is 358 g/mol. The molecule has 0 bridgehead atoms. The van der Waals surface area contributed by atoms with Gasteiger partial charge in [-0.25, -0.2) is 4.98 Å². The molecule has 6 heteroatoms. The van der Waals surface area contributed by atoms with Crippen LogP contribution in [0, 0.1) is 0 Å². The number of hydrogen-bond acceptors (Lipinski definition) is 4. The Balaban J connectivity index is 1.68. The van der Waals surface area contributed by atoms with Crippen LogP contribution in [0.2, 0.25) is 5.28 Å². The van der Waals surface area contributed by atoms with E-state index >= 15 is 0 Å². The van der Waals surface area contributed by atoms with Crippen molar-refractivity contribution in [2.75, 3.05) is 11.9 Å². The average molecular weight is 378 g/mol. The predicted molar refractivity (Wildman–Crippen MR) is 110 cm³/mol. The number of rotatable bonds is 3. The van der Waals surface area contributed by atoms with Gasteiger partial charge in [0.1, 0.15) is 0 Å². The molecule has 2 aromatic carbocycles. The average Bonchev–Trinajstić information content (AvgIpc) is 3.35. The van der Waals surface area contributed by atoms with Crippen molar-refractivity contribution in [3.63, 3.8) is 0 Å². The molecule has 27 heavy (non-hydrogen) atoms. The normalized spacial score (nSPS) is 15.0. The monoisotopic (exact) mass is 377 g/mol. The number of halogens is 1. The molecule has 0 saturated heterocycles. The molecule has 0 N–H and O–H groups in total. The van der Waals surface area contributed by atoms with Gasteiger partial charge in [-0.2, -0.15) is 9.97 Å². The maximum atomic E-state index is 6.32. The van der Waals surface area contributed by atoms with E-state index in [4.69, 9.17) is 11.6 Å². The second kappa shape index (κ2) is 6.50. The highest BCUT2D eigenvalue weighted by molar-refractivity contribution is 6.28. The highest BCUT2D eigenvalue weighted by atomic mass is 35.5. The van der Waals surface area contributed by atoms with Gasteiger partial charge in [-0.15, -0.1) is 0 Å². The predicted octanol–water partition coefficient (Wildman–Crippen LogP) is 5.52. The second-order valence-corrected chi connectivity index (χ2v) is 7.47. The minimum atomic E-state index is 0.254.